The molecule has 2 heterocycles. The first kappa shape index (κ1) is 22.6. The number of carbonyl (C=O) groups excluding carboxylic acids is 2. The highest BCUT2D eigenvalue weighted by molar-refractivity contribution is 6.04. The number of allylic oxidation sites excluding steroid dienone is 3. The zero-order valence-corrected chi connectivity index (χ0v) is 19.9. The van der Waals surface area contributed by atoms with E-state index in [-0.39, 0.29) is 17.3 Å². The first-order chi connectivity index (χ1) is 16.4. The second kappa shape index (κ2) is 9.24. The highest BCUT2D eigenvalue weighted by Gasteiger charge is 2.41. The van der Waals surface area contributed by atoms with Gasteiger partial charge in [-0.05, 0) is 64.5 Å². The van der Waals surface area contributed by atoms with Gasteiger partial charge in [-0.25, -0.2) is 4.79 Å². The lowest BCUT2D eigenvalue weighted by atomic mass is 9.75. The summed E-state index contributed by atoms with van der Waals surface area (Å²) in [4.78, 5) is 40.4. The molecule has 0 unspecified atom stereocenters. The molecule has 1 saturated carbocycles. The third-order valence-corrected chi connectivity index (χ3v) is 7.34. The summed E-state index contributed by atoms with van der Waals surface area (Å²) >= 11 is 0. The van der Waals surface area contributed by atoms with Crippen molar-refractivity contribution in [1.29, 1.82) is 0 Å². The third-order valence-electron chi connectivity index (χ3n) is 7.34. The van der Waals surface area contributed by atoms with Gasteiger partial charge in [0.05, 0.1) is 23.1 Å². The quantitative estimate of drug-likeness (QED) is 0.491. The van der Waals surface area contributed by atoms with Gasteiger partial charge in [0, 0.05) is 29.0 Å². The molecule has 1 aliphatic heterocycles. The lowest BCUT2D eigenvalue weighted by Crippen LogP contribution is -2.36. The van der Waals surface area contributed by atoms with Gasteiger partial charge >= 0.3 is 5.97 Å². The molecule has 1 aromatic carbocycles. The van der Waals surface area contributed by atoms with Crippen LogP contribution in [0.4, 0.5) is 0 Å². The number of aryl methyl sites for hydroxylation is 1. The van der Waals surface area contributed by atoms with E-state index in [1.807, 2.05) is 19.9 Å². The maximum absolute atomic E-state index is 13.7. The van der Waals surface area contributed by atoms with Gasteiger partial charge in [-0.15, -0.1) is 0 Å². The molecule has 3 aliphatic rings. The number of benzene rings is 1. The Labute approximate surface area is 199 Å². The Morgan fingerprint density at radius 2 is 1.79 bits per heavy atom. The minimum Gasteiger partial charge on any atom is -0.464 e. The molecule has 2 aliphatic carbocycles. The van der Waals surface area contributed by atoms with E-state index in [2.05, 4.69) is 5.32 Å². The van der Waals surface area contributed by atoms with Gasteiger partial charge < -0.3 is 14.5 Å². The fourth-order valence-corrected chi connectivity index (χ4v) is 5.60. The van der Waals surface area contributed by atoms with Gasteiger partial charge in [-0.1, -0.05) is 24.5 Å². The van der Waals surface area contributed by atoms with Crippen LogP contribution in [0.5, 0.6) is 0 Å². The van der Waals surface area contributed by atoms with E-state index in [0.717, 1.165) is 56.2 Å². The summed E-state index contributed by atoms with van der Waals surface area (Å²) in [6.45, 7) is 3.74. The molecule has 1 N–H and O–H groups in total. The monoisotopic (exact) mass is 461 g/mol. The Balaban J connectivity index is 1.63. The Hall–Kier alpha value is -3.15. The Kier molecular flexibility index (Phi) is 6.15. The first-order valence-electron chi connectivity index (χ1n) is 12.4. The average molecular weight is 462 g/mol. The van der Waals surface area contributed by atoms with Crippen molar-refractivity contribution < 1.29 is 18.7 Å². The molecule has 178 valence electrons. The van der Waals surface area contributed by atoms with Crippen LogP contribution in [0.15, 0.2) is 56.2 Å². The maximum atomic E-state index is 13.7. The maximum Gasteiger partial charge on any atom is 0.337 e. The first-order valence-corrected chi connectivity index (χ1v) is 12.4. The summed E-state index contributed by atoms with van der Waals surface area (Å²) in [5.41, 5.74) is 3.82. The molecule has 1 fully saturated rings. The molecule has 0 amide bonds. The number of fused-ring (bicyclic) bond motifs is 1. The summed E-state index contributed by atoms with van der Waals surface area (Å²) < 4.78 is 11.8. The van der Waals surface area contributed by atoms with Crippen LogP contribution in [0, 0.1) is 6.92 Å². The number of Topliss-reactive ketones (excluding diaryl/α,β-unsaturated/α-hetero) is 1. The summed E-state index contributed by atoms with van der Waals surface area (Å²) in [6, 6.07) is 5.46. The van der Waals surface area contributed by atoms with Crippen LogP contribution in [0.1, 0.15) is 81.8 Å². The normalized spacial score (nSPS) is 21.8. The van der Waals surface area contributed by atoms with E-state index in [0.29, 0.717) is 46.2 Å². The minimum atomic E-state index is -0.788. The second-order valence-electron chi connectivity index (χ2n) is 9.80. The van der Waals surface area contributed by atoms with E-state index >= 15 is 0 Å². The zero-order chi connectivity index (χ0) is 23.8. The van der Waals surface area contributed by atoms with Crippen molar-refractivity contribution in [3.63, 3.8) is 0 Å². The molecular weight excluding hydrogens is 430 g/mol. The molecule has 0 radical (unpaired) electrons. The standard InChI is InChI=1S/C28H31NO5/c1-16-12-13-23-19(14-16)27(31)20(15-33-23)25-24(28(32)34-18-8-5-3-4-6-9-18)17(2)29-21-10-7-11-22(30)26(21)25/h12-15,18,25,29H,3-11H2,1-2H3/t25-/m1/s1. The van der Waals surface area contributed by atoms with Crippen LogP contribution in [0.3, 0.4) is 0 Å². The SMILES string of the molecule is CC1=C(C(=O)OC2CCCCCC2)[C@@H](c2coc3ccc(C)cc3c2=O)C2=C(CCCC2=O)N1. The van der Waals surface area contributed by atoms with Crippen LogP contribution in [-0.2, 0) is 14.3 Å². The van der Waals surface area contributed by atoms with E-state index < -0.39 is 11.9 Å². The lowest BCUT2D eigenvalue weighted by molar-refractivity contribution is -0.145. The molecule has 6 heteroatoms. The lowest BCUT2D eigenvalue weighted by Gasteiger charge is -2.34. The highest BCUT2D eigenvalue weighted by atomic mass is 16.5. The number of nitrogens with one attached hydrogen (secondary N) is 1. The average Bonchev–Trinajstić information content (AvgIpc) is 3.07. The Morgan fingerprint density at radius 1 is 1.03 bits per heavy atom. The number of esters is 1. The summed E-state index contributed by atoms with van der Waals surface area (Å²) in [6.07, 6.45) is 9.23. The molecule has 5 rings (SSSR count). The molecule has 34 heavy (non-hydrogen) atoms. The second-order valence-corrected chi connectivity index (χ2v) is 9.80. The summed E-state index contributed by atoms with van der Waals surface area (Å²) in [7, 11) is 0. The number of rotatable bonds is 3. The highest BCUT2D eigenvalue weighted by Crippen LogP contribution is 2.42. The van der Waals surface area contributed by atoms with E-state index in [4.69, 9.17) is 9.15 Å². The van der Waals surface area contributed by atoms with Gasteiger partial charge in [0.1, 0.15) is 11.7 Å². The van der Waals surface area contributed by atoms with E-state index in [1.165, 1.54) is 6.26 Å². The van der Waals surface area contributed by atoms with E-state index in [9.17, 15) is 14.4 Å². The minimum absolute atomic E-state index is 0.0326. The number of dihydropyridines is 1. The number of ether oxygens (including phenoxy) is 1. The summed E-state index contributed by atoms with van der Waals surface area (Å²) in [5.74, 6) is -1.27. The van der Waals surface area contributed by atoms with Crippen molar-refractivity contribution in [1.82, 2.24) is 5.32 Å². The van der Waals surface area contributed by atoms with E-state index in [1.54, 1.807) is 12.1 Å². The van der Waals surface area contributed by atoms with Crippen LogP contribution < -0.4 is 10.7 Å². The van der Waals surface area contributed by atoms with Crippen LogP contribution >= 0.6 is 0 Å². The van der Waals surface area contributed by atoms with Crippen molar-refractivity contribution in [2.75, 3.05) is 0 Å². The molecule has 6 nitrogen and oxygen atoms in total. The smallest absolute Gasteiger partial charge is 0.337 e. The molecule has 0 spiro atoms. The predicted molar refractivity (Wildman–Crippen MR) is 129 cm³/mol. The van der Waals surface area contributed by atoms with Crippen molar-refractivity contribution >= 4 is 22.7 Å². The molecular formula is C28H31NO5. The molecule has 0 bridgehead atoms. The van der Waals surface area contributed by atoms with Crippen molar-refractivity contribution in [2.24, 2.45) is 0 Å². The predicted octanol–water partition coefficient (Wildman–Crippen LogP) is 5.34. The van der Waals surface area contributed by atoms with Gasteiger partial charge in [0.15, 0.2) is 11.2 Å². The molecule has 2 aromatic rings. The van der Waals surface area contributed by atoms with Gasteiger partial charge in [-0.2, -0.15) is 0 Å². The van der Waals surface area contributed by atoms with Gasteiger partial charge in [0.25, 0.3) is 0 Å². The van der Waals surface area contributed by atoms with Crippen LogP contribution in [0.25, 0.3) is 11.0 Å². The number of hydrogen-bond acceptors (Lipinski definition) is 6. The van der Waals surface area contributed by atoms with Gasteiger partial charge in [0.2, 0.25) is 0 Å². The number of ketones is 1. The zero-order valence-electron chi connectivity index (χ0n) is 19.9. The molecule has 0 saturated heterocycles. The molecule has 1 atom stereocenters. The van der Waals surface area contributed by atoms with Crippen molar-refractivity contribution in [3.05, 3.63) is 68.4 Å². The largest absolute Gasteiger partial charge is 0.464 e. The fraction of sp³-hybridized carbons (Fsp3) is 0.464. The number of hydrogen-bond donors (Lipinski definition) is 1. The van der Waals surface area contributed by atoms with Crippen LogP contribution in [-0.4, -0.2) is 17.9 Å². The van der Waals surface area contributed by atoms with Crippen LogP contribution in [0.2, 0.25) is 0 Å². The van der Waals surface area contributed by atoms with Crippen molar-refractivity contribution in [3.8, 4) is 0 Å². The van der Waals surface area contributed by atoms with Crippen molar-refractivity contribution in [2.45, 2.75) is 83.7 Å². The summed E-state index contributed by atoms with van der Waals surface area (Å²) in [5, 5.41) is 3.75. The topological polar surface area (TPSA) is 85.6 Å². The fourth-order valence-electron chi connectivity index (χ4n) is 5.60. The number of carbonyl (C=O) groups is 2. The third kappa shape index (κ3) is 4.10. The Bertz CT molecular complexity index is 1270. The Morgan fingerprint density at radius 3 is 2.56 bits per heavy atom. The molecule has 1 aromatic heterocycles. The van der Waals surface area contributed by atoms with Gasteiger partial charge in [-0.3, -0.25) is 9.59 Å².